The highest BCUT2D eigenvalue weighted by Gasteiger charge is 2.25. The fraction of sp³-hybridized carbons (Fsp3) is 0.263. The third kappa shape index (κ3) is 4.54. The molecule has 0 atom stereocenters. The number of benzene rings is 2. The largest absolute Gasteiger partial charge is 0.492 e. The van der Waals surface area contributed by atoms with E-state index in [2.05, 4.69) is 21.2 Å². The van der Waals surface area contributed by atoms with Gasteiger partial charge in [-0.05, 0) is 46.6 Å². The Labute approximate surface area is 160 Å². The zero-order valence-electron chi connectivity index (χ0n) is 14.1. The van der Waals surface area contributed by atoms with E-state index in [1.807, 2.05) is 36.4 Å². The van der Waals surface area contributed by atoms with Gasteiger partial charge in [0.15, 0.2) is 0 Å². The Balaban J connectivity index is 1.51. The summed E-state index contributed by atoms with van der Waals surface area (Å²) in [6, 6.07) is 14.8. The molecule has 0 unspecified atom stereocenters. The van der Waals surface area contributed by atoms with Gasteiger partial charge >= 0.3 is 6.09 Å². The smallest absolute Gasteiger partial charge is 0.414 e. The first-order valence-electron chi connectivity index (χ1n) is 8.35. The lowest BCUT2D eigenvalue weighted by Gasteiger charge is -2.17. The number of nitrogens with zero attached hydrogens (tertiary/aromatic N) is 1. The third-order valence-electron chi connectivity index (χ3n) is 3.87. The van der Waals surface area contributed by atoms with Gasteiger partial charge in [-0.15, -0.1) is 0 Å². The van der Waals surface area contributed by atoms with Gasteiger partial charge in [0, 0.05) is 6.42 Å². The molecule has 1 aliphatic heterocycles. The molecule has 0 aliphatic carbocycles. The van der Waals surface area contributed by atoms with E-state index in [9.17, 15) is 9.59 Å². The number of carbonyl (C=O) groups excluding carboxylic acids is 2. The summed E-state index contributed by atoms with van der Waals surface area (Å²) < 4.78 is 11.5. The number of carbonyl (C=O) groups is 2. The predicted octanol–water partition coefficient (Wildman–Crippen LogP) is 4.20. The second-order valence-corrected chi connectivity index (χ2v) is 6.57. The van der Waals surface area contributed by atoms with Gasteiger partial charge in [0.25, 0.3) is 0 Å². The molecule has 0 saturated carbocycles. The molecule has 26 heavy (non-hydrogen) atoms. The molecule has 0 radical (unpaired) electrons. The van der Waals surface area contributed by atoms with E-state index in [0.29, 0.717) is 44.0 Å². The molecular formula is C19H19BrN2O4. The van der Waals surface area contributed by atoms with Crippen molar-refractivity contribution in [3.8, 4) is 5.75 Å². The summed E-state index contributed by atoms with van der Waals surface area (Å²) in [7, 11) is 0. The predicted molar refractivity (Wildman–Crippen MR) is 103 cm³/mol. The molecule has 1 saturated heterocycles. The number of nitrogens with one attached hydrogen (secondary N) is 1. The van der Waals surface area contributed by atoms with Crippen LogP contribution in [0.15, 0.2) is 53.0 Å². The number of amides is 2. The van der Waals surface area contributed by atoms with E-state index in [4.69, 9.17) is 9.47 Å². The monoisotopic (exact) mass is 418 g/mol. The summed E-state index contributed by atoms with van der Waals surface area (Å²) in [6.45, 7) is 1.27. The van der Waals surface area contributed by atoms with Crippen LogP contribution in [-0.2, 0) is 9.53 Å². The topological polar surface area (TPSA) is 67.9 Å². The molecule has 2 amide bonds. The van der Waals surface area contributed by atoms with Crippen molar-refractivity contribution in [3.05, 3.63) is 53.0 Å². The average molecular weight is 419 g/mol. The van der Waals surface area contributed by atoms with Crippen molar-refractivity contribution in [1.82, 2.24) is 0 Å². The van der Waals surface area contributed by atoms with Gasteiger partial charge in [-0.3, -0.25) is 9.69 Å². The molecule has 0 spiro atoms. The van der Waals surface area contributed by atoms with E-state index in [-0.39, 0.29) is 5.91 Å². The van der Waals surface area contributed by atoms with Crippen LogP contribution in [0.1, 0.15) is 12.8 Å². The number of rotatable bonds is 7. The highest BCUT2D eigenvalue weighted by molar-refractivity contribution is 9.10. The maximum atomic E-state index is 12.2. The molecule has 3 rings (SSSR count). The van der Waals surface area contributed by atoms with Crippen LogP contribution in [0.2, 0.25) is 0 Å². The summed E-state index contributed by atoms with van der Waals surface area (Å²) >= 11 is 3.42. The van der Waals surface area contributed by atoms with Crippen LogP contribution in [0.3, 0.4) is 0 Å². The number of ether oxygens (including phenoxy) is 2. The average Bonchev–Trinajstić information content (AvgIpc) is 3.06. The molecular weight excluding hydrogens is 400 g/mol. The van der Waals surface area contributed by atoms with Gasteiger partial charge in [-0.25, -0.2) is 4.79 Å². The highest BCUT2D eigenvalue weighted by Crippen LogP contribution is 2.28. The number of para-hydroxylation sites is 3. The van der Waals surface area contributed by atoms with Crippen molar-refractivity contribution in [3.63, 3.8) is 0 Å². The van der Waals surface area contributed by atoms with E-state index in [0.717, 1.165) is 10.2 Å². The Bertz CT molecular complexity index is 797. The van der Waals surface area contributed by atoms with Crippen molar-refractivity contribution in [2.45, 2.75) is 12.8 Å². The van der Waals surface area contributed by atoms with E-state index >= 15 is 0 Å². The number of cyclic esters (lactones) is 1. The summed E-state index contributed by atoms with van der Waals surface area (Å²) in [4.78, 5) is 25.5. The maximum absolute atomic E-state index is 12.2. The Morgan fingerprint density at radius 3 is 2.73 bits per heavy atom. The minimum absolute atomic E-state index is 0.124. The van der Waals surface area contributed by atoms with Crippen LogP contribution >= 0.6 is 15.9 Å². The minimum Gasteiger partial charge on any atom is -0.492 e. The first kappa shape index (κ1) is 18.3. The molecule has 1 N–H and O–H groups in total. The lowest BCUT2D eigenvalue weighted by atomic mass is 10.2. The molecule has 2 aromatic carbocycles. The Morgan fingerprint density at radius 1 is 1.19 bits per heavy atom. The normalized spacial score (nSPS) is 13.4. The number of anilines is 2. The molecule has 0 bridgehead atoms. The van der Waals surface area contributed by atoms with Gasteiger partial charge in [0.05, 0.1) is 29.0 Å². The van der Waals surface area contributed by atoms with Crippen molar-refractivity contribution in [2.75, 3.05) is 30.0 Å². The van der Waals surface area contributed by atoms with Gasteiger partial charge in [-0.2, -0.15) is 0 Å². The molecule has 1 fully saturated rings. The summed E-state index contributed by atoms with van der Waals surface area (Å²) in [5, 5.41) is 2.86. The lowest BCUT2D eigenvalue weighted by Crippen LogP contribution is -2.25. The second kappa shape index (κ2) is 8.71. The third-order valence-corrected chi connectivity index (χ3v) is 4.53. The van der Waals surface area contributed by atoms with Gasteiger partial charge in [0.2, 0.25) is 5.91 Å². The number of hydrogen-bond acceptors (Lipinski definition) is 4. The fourth-order valence-electron chi connectivity index (χ4n) is 2.62. The van der Waals surface area contributed by atoms with Crippen LogP contribution in [0.4, 0.5) is 16.2 Å². The highest BCUT2D eigenvalue weighted by atomic mass is 79.9. The van der Waals surface area contributed by atoms with Crippen molar-refractivity contribution >= 4 is 39.3 Å². The summed E-state index contributed by atoms with van der Waals surface area (Å²) in [5.74, 6) is 0.631. The quantitative estimate of drug-likeness (QED) is 0.683. The SMILES string of the molecule is O=C(CCCOc1ccccc1Br)Nc1ccccc1N1CCOC1=O. The van der Waals surface area contributed by atoms with Crippen LogP contribution < -0.4 is 15.0 Å². The molecule has 136 valence electrons. The Kier molecular flexibility index (Phi) is 6.12. The van der Waals surface area contributed by atoms with Crippen molar-refractivity contribution < 1.29 is 19.1 Å². The zero-order chi connectivity index (χ0) is 18.4. The van der Waals surface area contributed by atoms with Gasteiger partial charge in [0.1, 0.15) is 12.4 Å². The first-order valence-corrected chi connectivity index (χ1v) is 9.15. The zero-order valence-corrected chi connectivity index (χ0v) is 15.7. The van der Waals surface area contributed by atoms with Gasteiger partial charge < -0.3 is 14.8 Å². The lowest BCUT2D eigenvalue weighted by molar-refractivity contribution is -0.116. The standard InChI is InChI=1S/C19H19BrN2O4/c20-14-6-1-4-9-17(14)25-12-5-10-18(23)21-15-7-2-3-8-16(15)22-11-13-26-19(22)24/h1-4,6-9H,5,10-13H2,(H,21,23). The second-order valence-electron chi connectivity index (χ2n) is 5.71. The summed E-state index contributed by atoms with van der Waals surface area (Å²) in [6.07, 6.45) is 0.512. The number of hydrogen-bond donors (Lipinski definition) is 1. The molecule has 0 aromatic heterocycles. The van der Waals surface area contributed by atoms with Crippen molar-refractivity contribution in [2.24, 2.45) is 0 Å². The minimum atomic E-state index is -0.395. The molecule has 1 aliphatic rings. The molecule has 1 heterocycles. The maximum Gasteiger partial charge on any atom is 0.414 e. The number of halogens is 1. The van der Waals surface area contributed by atoms with E-state index < -0.39 is 6.09 Å². The van der Waals surface area contributed by atoms with E-state index in [1.54, 1.807) is 12.1 Å². The summed E-state index contributed by atoms with van der Waals surface area (Å²) in [5.41, 5.74) is 1.25. The Morgan fingerprint density at radius 2 is 1.96 bits per heavy atom. The molecule has 6 nitrogen and oxygen atoms in total. The Hall–Kier alpha value is -2.54. The van der Waals surface area contributed by atoms with E-state index in [1.165, 1.54) is 4.90 Å². The van der Waals surface area contributed by atoms with Crippen LogP contribution in [0, 0.1) is 0 Å². The van der Waals surface area contributed by atoms with Crippen LogP contribution in [0.5, 0.6) is 5.75 Å². The molecule has 2 aromatic rings. The van der Waals surface area contributed by atoms with Crippen molar-refractivity contribution in [1.29, 1.82) is 0 Å². The fourth-order valence-corrected chi connectivity index (χ4v) is 3.02. The van der Waals surface area contributed by atoms with Crippen LogP contribution in [-0.4, -0.2) is 31.8 Å². The first-order chi connectivity index (χ1) is 12.6. The molecule has 7 heteroatoms. The van der Waals surface area contributed by atoms with Crippen LogP contribution in [0.25, 0.3) is 0 Å². The van der Waals surface area contributed by atoms with Gasteiger partial charge in [-0.1, -0.05) is 24.3 Å².